The standard InChI is InChI=1S/C21H29N3O3/c25-15-21(26)20-12-17-14-23(10-3-11-24(17)22-20)13-16-6-8-19(9-7-16)27-18-4-1-2-5-18/h6-9,12,18,21,25-26H,1-5,10-11,13-15H2/t21-/m0/s1. The van der Waals surface area contributed by atoms with E-state index in [0.717, 1.165) is 44.0 Å². The fourth-order valence-electron chi connectivity index (χ4n) is 4.07. The molecule has 0 amide bonds. The molecule has 0 bridgehead atoms. The SMILES string of the molecule is OC[C@H](O)c1cc2n(n1)CCCN(Cc1ccc(OC3CCCC3)cc1)C2. The van der Waals surface area contributed by atoms with Crippen LogP contribution in [0.3, 0.4) is 0 Å². The molecule has 1 fully saturated rings. The average molecular weight is 371 g/mol. The van der Waals surface area contributed by atoms with E-state index in [-0.39, 0.29) is 6.61 Å². The summed E-state index contributed by atoms with van der Waals surface area (Å²) in [5.41, 5.74) is 2.93. The van der Waals surface area contributed by atoms with Gasteiger partial charge in [0, 0.05) is 26.2 Å². The largest absolute Gasteiger partial charge is 0.490 e. The van der Waals surface area contributed by atoms with E-state index in [1.54, 1.807) is 0 Å². The lowest BCUT2D eigenvalue weighted by Gasteiger charge is -2.20. The van der Waals surface area contributed by atoms with Gasteiger partial charge in [0.1, 0.15) is 11.9 Å². The molecule has 2 heterocycles. The highest BCUT2D eigenvalue weighted by Crippen LogP contribution is 2.25. The lowest BCUT2D eigenvalue weighted by molar-refractivity contribution is 0.0916. The second-order valence-electron chi connectivity index (χ2n) is 7.71. The summed E-state index contributed by atoms with van der Waals surface area (Å²) in [4.78, 5) is 2.41. The highest BCUT2D eigenvalue weighted by Gasteiger charge is 2.20. The molecular formula is C21H29N3O3. The van der Waals surface area contributed by atoms with Gasteiger partial charge in [-0.2, -0.15) is 5.10 Å². The molecule has 1 atom stereocenters. The number of hydrogen-bond donors (Lipinski definition) is 2. The molecule has 1 aliphatic carbocycles. The third kappa shape index (κ3) is 4.51. The van der Waals surface area contributed by atoms with Crippen LogP contribution < -0.4 is 4.74 Å². The summed E-state index contributed by atoms with van der Waals surface area (Å²) in [6, 6.07) is 10.4. The topological polar surface area (TPSA) is 70.8 Å². The van der Waals surface area contributed by atoms with Crippen molar-refractivity contribution < 1.29 is 14.9 Å². The van der Waals surface area contributed by atoms with E-state index in [0.29, 0.717) is 11.8 Å². The van der Waals surface area contributed by atoms with Crippen molar-refractivity contribution in [3.8, 4) is 5.75 Å². The van der Waals surface area contributed by atoms with Crippen LogP contribution in [-0.4, -0.2) is 44.1 Å². The number of aromatic nitrogens is 2. The van der Waals surface area contributed by atoms with Crippen molar-refractivity contribution in [2.45, 2.75) is 63.9 Å². The van der Waals surface area contributed by atoms with Crippen LogP contribution >= 0.6 is 0 Å². The number of fused-ring (bicyclic) bond motifs is 1. The zero-order chi connectivity index (χ0) is 18.6. The summed E-state index contributed by atoms with van der Waals surface area (Å²) in [6.07, 6.45) is 5.44. The van der Waals surface area contributed by atoms with E-state index in [9.17, 15) is 5.11 Å². The highest BCUT2D eigenvalue weighted by atomic mass is 16.5. The molecule has 27 heavy (non-hydrogen) atoms. The summed E-state index contributed by atoms with van der Waals surface area (Å²) < 4.78 is 8.02. The van der Waals surface area contributed by atoms with E-state index in [1.165, 1.54) is 31.2 Å². The lowest BCUT2D eigenvalue weighted by Crippen LogP contribution is -2.22. The zero-order valence-electron chi connectivity index (χ0n) is 15.8. The highest BCUT2D eigenvalue weighted by molar-refractivity contribution is 5.27. The first-order valence-corrected chi connectivity index (χ1v) is 10.0. The molecule has 6 nitrogen and oxygen atoms in total. The Hall–Kier alpha value is -1.89. The fraction of sp³-hybridized carbons (Fsp3) is 0.571. The molecule has 2 N–H and O–H groups in total. The Morgan fingerprint density at radius 1 is 1.11 bits per heavy atom. The number of nitrogens with zero attached hydrogens (tertiary/aromatic N) is 3. The van der Waals surface area contributed by atoms with Crippen molar-refractivity contribution in [3.05, 3.63) is 47.3 Å². The number of ether oxygens (including phenoxy) is 1. The molecule has 146 valence electrons. The summed E-state index contributed by atoms with van der Waals surface area (Å²) >= 11 is 0. The Balaban J connectivity index is 1.38. The Morgan fingerprint density at radius 3 is 2.63 bits per heavy atom. The summed E-state index contributed by atoms with van der Waals surface area (Å²) in [6.45, 7) is 3.24. The first-order valence-electron chi connectivity index (χ1n) is 10.0. The molecule has 0 radical (unpaired) electrons. The Morgan fingerprint density at radius 2 is 1.89 bits per heavy atom. The minimum Gasteiger partial charge on any atom is -0.490 e. The maximum atomic E-state index is 9.83. The van der Waals surface area contributed by atoms with E-state index in [2.05, 4.69) is 34.3 Å². The van der Waals surface area contributed by atoms with Crippen molar-refractivity contribution >= 4 is 0 Å². The van der Waals surface area contributed by atoms with Gasteiger partial charge in [-0.25, -0.2) is 0 Å². The van der Waals surface area contributed by atoms with Crippen LogP contribution in [0.4, 0.5) is 0 Å². The molecule has 0 spiro atoms. The third-order valence-corrected chi connectivity index (χ3v) is 5.56. The molecule has 1 aromatic carbocycles. The van der Waals surface area contributed by atoms with Crippen LogP contribution in [0, 0.1) is 0 Å². The van der Waals surface area contributed by atoms with Crippen LogP contribution in [-0.2, 0) is 19.6 Å². The predicted octanol–water partition coefficient (Wildman–Crippen LogP) is 2.64. The Labute approximate surface area is 160 Å². The predicted molar refractivity (Wildman–Crippen MR) is 102 cm³/mol. The maximum absolute atomic E-state index is 9.83. The minimum atomic E-state index is -0.898. The Kier molecular flexibility index (Phi) is 5.76. The van der Waals surface area contributed by atoms with Gasteiger partial charge in [0.2, 0.25) is 0 Å². The van der Waals surface area contributed by atoms with Gasteiger partial charge in [0.25, 0.3) is 0 Å². The van der Waals surface area contributed by atoms with Gasteiger partial charge >= 0.3 is 0 Å². The molecule has 1 saturated carbocycles. The van der Waals surface area contributed by atoms with Gasteiger partial charge in [-0.3, -0.25) is 9.58 Å². The number of rotatable bonds is 6. The molecule has 0 unspecified atom stereocenters. The van der Waals surface area contributed by atoms with Gasteiger partial charge in [-0.1, -0.05) is 12.1 Å². The van der Waals surface area contributed by atoms with Crippen LogP contribution in [0.15, 0.2) is 30.3 Å². The molecule has 6 heteroatoms. The molecule has 2 aliphatic rings. The normalized spacial score (nSPS) is 19.6. The van der Waals surface area contributed by atoms with Gasteiger partial charge in [-0.05, 0) is 55.9 Å². The van der Waals surface area contributed by atoms with Gasteiger partial charge in [-0.15, -0.1) is 0 Å². The fourth-order valence-corrected chi connectivity index (χ4v) is 4.07. The van der Waals surface area contributed by atoms with E-state index >= 15 is 0 Å². The summed E-state index contributed by atoms with van der Waals surface area (Å²) in [7, 11) is 0. The van der Waals surface area contributed by atoms with Crippen molar-refractivity contribution in [3.63, 3.8) is 0 Å². The number of hydrogen-bond acceptors (Lipinski definition) is 5. The van der Waals surface area contributed by atoms with Crippen LogP contribution in [0.5, 0.6) is 5.75 Å². The molecule has 1 aliphatic heterocycles. The average Bonchev–Trinajstić information content (AvgIpc) is 3.29. The Bertz CT molecular complexity index is 738. The van der Waals surface area contributed by atoms with Gasteiger partial charge in [0.05, 0.1) is 24.1 Å². The minimum absolute atomic E-state index is 0.296. The van der Waals surface area contributed by atoms with Gasteiger partial charge < -0.3 is 14.9 Å². The maximum Gasteiger partial charge on any atom is 0.121 e. The lowest BCUT2D eigenvalue weighted by atomic mass is 10.2. The number of aryl methyl sites for hydroxylation is 1. The van der Waals surface area contributed by atoms with Crippen molar-refractivity contribution in [2.24, 2.45) is 0 Å². The summed E-state index contributed by atoms with van der Waals surface area (Å²) in [5.74, 6) is 0.974. The zero-order valence-corrected chi connectivity index (χ0v) is 15.8. The first-order chi connectivity index (χ1) is 13.2. The molecule has 0 saturated heterocycles. The van der Waals surface area contributed by atoms with E-state index < -0.39 is 6.10 Å². The van der Waals surface area contributed by atoms with Crippen molar-refractivity contribution in [2.75, 3.05) is 13.2 Å². The summed E-state index contributed by atoms with van der Waals surface area (Å²) in [5, 5.41) is 23.4. The number of benzene rings is 1. The second kappa shape index (κ2) is 8.42. The van der Waals surface area contributed by atoms with Gasteiger partial charge in [0.15, 0.2) is 0 Å². The quantitative estimate of drug-likeness (QED) is 0.817. The number of aliphatic hydroxyl groups is 2. The molecular weight excluding hydrogens is 342 g/mol. The number of aliphatic hydroxyl groups excluding tert-OH is 2. The van der Waals surface area contributed by atoms with E-state index in [4.69, 9.17) is 9.84 Å². The monoisotopic (exact) mass is 371 g/mol. The molecule has 4 rings (SSSR count). The third-order valence-electron chi connectivity index (χ3n) is 5.56. The van der Waals surface area contributed by atoms with Crippen LogP contribution in [0.25, 0.3) is 0 Å². The first kappa shape index (κ1) is 18.5. The molecule has 2 aromatic rings. The smallest absolute Gasteiger partial charge is 0.121 e. The second-order valence-corrected chi connectivity index (χ2v) is 7.71. The van der Waals surface area contributed by atoms with Crippen LogP contribution in [0.2, 0.25) is 0 Å². The van der Waals surface area contributed by atoms with Crippen LogP contribution in [0.1, 0.15) is 55.2 Å². The molecule has 1 aromatic heterocycles. The van der Waals surface area contributed by atoms with Crippen molar-refractivity contribution in [1.29, 1.82) is 0 Å². The van der Waals surface area contributed by atoms with E-state index in [1.807, 2.05) is 10.7 Å². The van der Waals surface area contributed by atoms with Crippen molar-refractivity contribution in [1.82, 2.24) is 14.7 Å².